The van der Waals surface area contributed by atoms with Crippen molar-refractivity contribution in [1.82, 2.24) is 4.57 Å². The summed E-state index contributed by atoms with van der Waals surface area (Å²) in [5.41, 5.74) is 3.66. The predicted molar refractivity (Wildman–Crippen MR) is 95.5 cm³/mol. The zero-order chi connectivity index (χ0) is 17.1. The van der Waals surface area contributed by atoms with Crippen molar-refractivity contribution in [3.63, 3.8) is 0 Å². The van der Waals surface area contributed by atoms with Crippen molar-refractivity contribution < 1.29 is 9.47 Å². The summed E-state index contributed by atoms with van der Waals surface area (Å²) in [6.07, 6.45) is 0. The maximum atomic E-state index is 9.76. The summed E-state index contributed by atoms with van der Waals surface area (Å²) in [6.45, 7) is 5.47. The number of nitriles is 1. The summed E-state index contributed by atoms with van der Waals surface area (Å²) >= 11 is 0. The molecule has 1 aromatic heterocycles. The van der Waals surface area contributed by atoms with Crippen molar-refractivity contribution >= 4 is 10.9 Å². The highest BCUT2D eigenvalue weighted by molar-refractivity contribution is 5.95. The average Bonchev–Trinajstić information content (AvgIpc) is 2.95. The Bertz CT molecular complexity index is 902. The van der Waals surface area contributed by atoms with Crippen LogP contribution in [0.5, 0.6) is 11.5 Å². The summed E-state index contributed by atoms with van der Waals surface area (Å²) in [6, 6.07) is 16.1. The van der Waals surface area contributed by atoms with Crippen LogP contribution >= 0.6 is 0 Å². The Kier molecular flexibility index (Phi) is 4.43. The standard InChI is InChI=1S/C20H20N2O2/c1-4-22-19-11-10-16(23-3)12-17(19)18(13-21)20(22)14-6-8-15(9-7-14)24-5-2/h6-12H,4-5H2,1-3H3. The van der Waals surface area contributed by atoms with E-state index in [1.165, 1.54) is 0 Å². The van der Waals surface area contributed by atoms with E-state index < -0.39 is 0 Å². The van der Waals surface area contributed by atoms with Crippen molar-refractivity contribution in [3.05, 3.63) is 48.0 Å². The second-order valence-corrected chi connectivity index (χ2v) is 5.42. The van der Waals surface area contributed by atoms with Gasteiger partial charge in [-0.2, -0.15) is 5.26 Å². The maximum absolute atomic E-state index is 9.76. The van der Waals surface area contributed by atoms with E-state index >= 15 is 0 Å². The minimum atomic E-state index is 0.637. The van der Waals surface area contributed by atoms with Crippen LogP contribution in [0.15, 0.2) is 42.5 Å². The monoisotopic (exact) mass is 320 g/mol. The molecule has 0 spiro atoms. The number of benzene rings is 2. The molecule has 0 unspecified atom stereocenters. The number of fused-ring (bicyclic) bond motifs is 1. The van der Waals surface area contributed by atoms with Crippen molar-refractivity contribution in [2.45, 2.75) is 20.4 Å². The van der Waals surface area contributed by atoms with E-state index in [0.29, 0.717) is 12.2 Å². The molecule has 4 nitrogen and oxygen atoms in total. The molecule has 0 saturated heterocycles. The second kappa shape index (κ2) is 6.67. The Morgan fingerprint density at radius 3 is 2.33 bits per heavy atom. The van der Waals surface area contributed by atoms with Crippen molar-refractivity contribution in [2.24, 2.45) is 0 Å². The van der Waals surface area contributed by atoms with E-state index in [1.807, 2.05) is 49.4 Å². The highest BCUT2D eigenvalue weighted by Gasteiger charge is 2.18. The first-order chi connectivity index (χ1) is 11.7. The predicted octanol–water partition coefficient (Wildman–Crippen LogP) is 4.61. The molecule has 0 radical (unpaired) electrons. The van der Waals surface area contributed by atoms with Gasteiger partial charge in [-0.3, -0.25) is 0 Å². The van der Waals surface area contributed by atoms with Crippen LogP contribution in [0.2, 0.25) is 0 Å². The highest BCUT2D eigenvalue weighted by Crippen LogP contribution is 2.35. The highest BCUT2D eigenvalue weighted by atomic mass is 16.5. The number of aromatic nitrogens is 1. The minimum Gasteiger partial charge on any atom is -0.497 e. The fourth-order valence-corrected chi connectivity index (χ4v) is 3.08. The van der Waals surface area contributed by atoms with E-state index in [9.17, 15) is 5.26 Å². The molecule has 0 fully saturated rings. The van der Waals surface area contributed by atoms with E-state index in [-0.39, 0.29) is 0 Å². The molecule has 4 heteroatoms. The van der Waals surface area contributed by atoms with Gasteiger partial charge in [0, 0.05) is 11.9 Å². The number of hydrogen-bond donors (Lipinski definition) is 0. The molecular weight excluding hydrogens is 300 g/mol. The topological polar surface area (TPSA) is 47.2 Å². The number of hydrogen-bond acceptors (Lipinski definition) is 3. The molecule has 0 aliphatic carbocycles. The van der Waals surface area contributed by atoms with E-state index in [4.69, 9.17) is 9.47 Å². The first kappa shape index (κ1) is 15.9. The third kappa shape index (κ3) is 2.59. The summed E-state index contributed by atoms with van der Waals surface area (Å²) in [4.78, 5) is 0. The Labute approximate surface area is 141 Å². The van der Waals surface area contributed by atoms with Gasteiger partial charge in [0.2, 0.25) is 0 Å². The normalized spacial score (nSPS) is 10.6. The fraction of sp³-hybridized carbons (Fsp3) is 0.250. The zero-order valence-corrected chi connectivity index (χ0v) is 14.2. The zero-order valence-electron chi connectivity index (χ0n) is 14.2. The van der Waals surface area contributed by atoms with Gasteiger partial charge in [0.1, 0.15) is 17.6 Å². The molecule has 1 heterocycles. The van der Waals surface area contributed by atoms with Gasteiger partial charge in [-0.25, -0.2) is 0 Å². The third-order valence-corrected chi connectivity index (χ3v) is 4.14. The lowest BCUT2D eigenvalue weighted by Crippen LogP contribution is -1.98. The number of methoxy groups -OCH3 is 1. The van der Waals surface area contributed by atoms with Crippen molar-refractivity contribution in [3.8, 4) is 28.8 Å². The average molecular weight is 320 g/mol. The van der Waals surface area contributed by atoms with Crippen LogP contribution < -0.4 is 9.47 Å². The Balaban J connectivity index is 2.24. The molecular formula is C20H20N2O2. The lowest BCUT2D eigenvalue weighted by molar-refractivity contribution is 0.340. The summed E-state index contributed by atoms with van der Waals surface area (Å²) in [5, 5.41) is 10.7. The molecule has 0 bridgehead atoms. The molecule has 3 aromatic rings. The SMILES string of the molecule is CCOc1ccc(-c2c(C#N)c3cc(OC)ccc3n2CC)cc1. The molecule has 3 rings (SSSR count). The number of aryl methyl sites for hydroxylation is 1. The first-order valence-corrected chi connectivity index (χ1v) is 8.07. The van der Waals surface area contributed by atoms with Gasteiger partial charge in [0.15, 0.2) is 0 Å². The van der Waals surface area contributed by atoms with Crippen LogP contribution in [0.25, 0.3) is 22.2 Å². The lowest BCUT2D eigenvalue weighted by atomic mass is 10.1. The van der Waals surface area contributed by atoms with Crippen LogP contribution in [-0.4, -0.2) is 18.3 Å². The number of rotatable bonds is 5. The Hall–Kier alpha value is -2.93. The minimum absolute atomic E-state index is 0.637. The number of ether oxygens (including phenoxy) is 2. The Morgan fingerprint density at radius 1 is 1.04 bits per heavy atom. The van der Waals surface area contributed by atoms with Gasteiger partial charge in [0.25, 0.3) is 0 Å². The molecule has 2 aromatic carbocycles. The van der Waals surface area contributed by atoms with Crippen LogP contribution in [0.4, 0.5) is 0 Å². The molecule has 122 valence electrons. The van der Waals surface area contributed by atoms with Crippen LogP contribution in [-0.2, 0) is 6.54 Å². The second-order valence-electron chi connectivity index (χ2n) is 5.42. The van der Waals surface area contributed by atoms with Gasteiger partial charge >= 0.3 is 0 Å². The van der Waals surface area contributed by atoms with Gasteiger partial charge in [0.05, 0.1) is 30.5 Å². The summed E-state index contributed by atoms with van der Waals surface area (Å²) in [7, 11) is 1.64. The molecule has 0 saturated carbocycles. The maximum Gasteiger partial charge on any atom is 0.119 e. The van der Waals surface area contributed by atoms with Gasteiger partial charge in [-0.1, -0.05) is 0 Å². The van der Waals surface area contributed by atoms with Crippen LogP contribution in [0.1, 0.15) is 19.4 Å². The first-order valence-electron chi connectivity index (χ1n) is 8.07. The van der Waals surface area contributed by atoms with E-state index in [0.717, 1.165) is 40.2 Å². The van der Waals surface area contributed by atoms with Crippen LogP contribution in [0.3, 0.4) is 0 Å². The molecule has 0 atom stereocenters. The molecule has 0 N–H and O–H groups in total. The Morgan fingerprint density at radius 2 is 1.75 bits per heavy atom. The van der Waals surface area contributed by atoms with Gasteiger partial charge in [-0.15, -0.1) is 0 Å². The van der Waals surface area contributed by atoms with Crippen molar-refractivity contribution in [1.29, 1.82) is 5.26 Å². The molecule has 0 amide bonds. The lowest BCUT2D eigenvalue weighted by Gasteiger charge is -2.10. The van der Waals surface area contributed by atoms with Gasteiger partial charge < -0.3 is 14.0 Å². The molecule has 0 aliphatic rings. The molecule has 0 aliphatic heterocycles. The van der Waals surface area contributed by atoms with Gasteiger partial charge in [-0.05, 0) is 61.9 Å². The molecule has 24 heavy (non-hydrogen) atoms. The largest absolute Gasteiger partial charge is 0.497 e. The smallest absolute Gasteiger partial charge is 0.119 e. The van der Waals surface area contributed by atoms with E-state index in [1.54, 1.807) is 7.11 Å². The number of nitrogens with zero attached hydrogens (tertiary/aromatic N) is 2. The fourth-order valence-electron chi connectivity index (χ4n) is 3.08. The van der Waals surface area contributed by atoms with E-state index in [2.05, 4.69) is 17.6 Å². The van der Waals surface area contributed by atoms with Crippen molar-refractivity contribution in [2.75, 3.05) is 13.7 Å². The quantitative estimate of drug-likeness (QED) is 0.690. The summed E-state index contributed by atoms with van der Waals surface area (Å²) in [5.74, 6) is 1.59. The third-order valence-electron chi connectivity index (χ3n) is 4.14. The summed E-state index contributed by atoms with van der Waals surface area (Å²) < 4.78 is 13.0. The van der Waals surface area contributed by atoms with Crippen LogP contribution in [0, 0.1) is 11.3 Å².